The summed E-state index contributed by atoms with van der Waals surface area (Å²) in [5.41, 5.74) is 3.83. The van der Waals surface area contributed by atoms with E-state index in [1.807, 2.05) is 29.3 Å². The molecule has 2 saturated heterocycles. The Bertz CT molecular complexity index is 724. The van der Waals surface area contributed by atoms with E-state index in [-0.39, 0.29) is 44.0 Å². The molecule has 33 heavy (non-hydrogen) atoms. The van der Waals surface area contributed by atoms with Crippen LogP contribution in [0.3, 0.4) is 0 Å². The molecule has 2 aliphatic heterocycles. The molecule has 184 valence electrons. The van der Waals surface area contributed by atoms with Gasteiger partial charge in [-0.05, 0) is 0 Å². The van der Waals surface area contributed by atoms with Crippen molar-refractivity contribution in [2.45, 2.75) is 128 Å². The first kappa shape index (κ1) is 29.9. The zero-order valence-electron chi connectivity index (χ0n) is 21.7. The van der Waals surface area contributed by atoms with E-state index in [1.165, 1.54) is 76.3 Å². The predicted molar refractivity (Wildman–Crippen MR) is 139 cm³/mol. The summed E-state index contributed by atoms with van der Waals surface area (Å²) < 4.78 is 4.05. The fourth-order valence-electron chi connectivity index (χ4n) is 6.71. The molecule has 0 aromatic heterocycles. The number of halogens is 2. The van der Waals surface area contributed by atoms with Gasteiger partial charge in [0.1, 0.15) is 0 Å². The van der Waals surface area contributed by atoms with Crippen molar-refractivity contribution in [2.75, 3.05) is 0 Å². The number of hydrogen-bond acceptors (Lipinski definition) is 0. The minimum atomic E-state index is -1.11. The van der Waals surface area contributed by atoms with Crippen LogP contribution in [-0.4, -0.2) is 16.1 Å². The van der Waals surface area contributed by atoms with Crippen molar-refractivity contribution in [1.82, 2.24) is 0 Å². The average molecular weight is 558 g/mol. The van der Waals surface area contributed by atoms with E-state index in [1.54, 1.807) is 24.2 Å². The minimum absolute atomic E-state index is 0. The summed E-state index contributed by atoms with van der Waals surface area (Å²) in [7, 11) is -2.23. The summed E-state index contributed by atoms with van der Waals surface area (Å²) in [4.78, 5) is 0. The molecule has 0 saturated carbocycles. The Balaban J connectivity index is 0.00000193. The second-order valence-corrected chi connectivity index (χ2v) is 22.5. The summed E-state index contributed by atoms with van der Waals surface area (Å²) >= 11 is -0.153. The molecule has 2 fully saturated rings. The molecule has 0 amide bonds. The number of unbranched alkanes of at least 4 members (excludes halogenated alkanes) is 2. The topological polar surface area (TPSA) is 0 Å². The monoisotopic (exact) mass is 556 g/mol. The van der Waals surface area contributed by atoms with Crippen LogP contribution < -0.4 is 24.8 Å². The molecule has 5 heteroatoms. The minimum Gasteiger partial charge on any atom is -1.00 e. The molecule has 0 radical (unpaired) electrons. The first-order valence-corrected chi connectivity index (χ1v) is 20.6. The standard InChI is InChI=1S/2C14H23Si.2ClH.Ti/c2*1-3-5-7-13-8-9-14(12-13)15(4-2)10-6-11-15;;;/h2*9H,3-8,10-11H2,1-2H3;2*1H;/q;;;;+2/p-2. The van der Waals surface area contributed by atoms with E-state index in [4.69, 9.17) is 0 Å². The van der Waals surface area contributed by atoms with Crippen molar-refractivity contribution in [2.24, 2.45) is 0 Å². The normalized spacial score (nSPS) is 22.5. The van der Waals surface area contributed by atoms with Gasteiger partial charge in [0.2, 0.25) is 0 Å². The van der Waals surface area contributed by atoms with Crippen LogP contribution in [0.1, 0.15) is 91.9 Å². The van der Waals surface area contributed by atoms with Gasteiger partial charge < -0.3 is 24.8 Å². The Morgan fingerprint density at radius 2 is 1.06 bits per heavy atom. The first-order chi connectivity index (χ1) is 15.1. The maximum Gasteiger partial charge on any atom is -1.00 e. The van der Waals surface area contributed by atoms with Gasteiger partial charge in [0, 0.05) is 0 Å². The van der Waals surface area contributed by atoms with Gasteiger partial charge in [-0.1, -0.05) is 0 Å². The average Bonchev–Trinajstić information content (AvgIpc) is 3.30. The molecule has 2 heterocycles. The summed E-state index contributed by atoms with van der Waals surface area (Å²) in [6, 6.07) is 9.42. The first-order valence-electron chi connectivity index (χ1n) is 13.8. The van der Waals surface area contributed by atoms with Crippen LogP contribution in [0.4, 0.5) is 0 Å². The van der Waals surface area contributed by atoms with E-state index in [9.17, 15) is 0 Å². The zero-order valence-corrected chi connectivity index (χ0v) is 26.8. The number of allylic oxidation sites excluding steroid dienone is 8. The van der Waals surface area contributed by atoms with Crippen LogP contribution in [0.5, 0.6) is 0 Å². The van der Waals surface area contributed by atoms with Crippen LogP contribution in [0.2, 0.25) is 36.3 Å². The molecule has 0 aromatic rings. The van der Waals surface area contributed by atoms with Gasteiger partial charge in [0.25, 0.3) is 0 Å². The Kier molecular flexibility index (Phi) is 12.1. The van der Waals surface area contributed by atoms with E-state index in [0.29, 0.717) is 0 Å². The number of hydrogen-bond donors (Lipinski definition) is 0. The van der Waals surface area contributed by atoms with E-state index < -0.39 is 16.1 Å². The van der Waals surface area contributed by atoms with Gasteiger partial charge in [-0.3, -0.25) is 0 Å². The van der Waals surface area contributed by atoms with Gasteiger partial charge in [-0.25, -0.2) is 0 Å². The summed E-state index contributed by atoms with van der Waals surface area (Å²) in [5, 5.41) is 4.03. The van der Waals surface area contributed by atoms with Crippen LogP contribution >= 0.6 is 0 Å². The third-order valence-corrected chi connectivity index (χ3v) is 24.0. The van der Waals surface area contributed by atoms with Crippen LogP contribution in [-0.2, 0) is 19.2 Å². The third kappa shape index (κ3) is 5.83. The maximum atomic E-state index is 2.79. The second kappa shape index (κ2) is 13.3. The third-order valence-electron chi connectivity index (χ3n) is 9.38. The molecule has 0 N–H and O–H groups in total. The van der Waals surface area contributed by atoms with Crippen molar-refractivity contribution in [1.29, 1.82) is 0 Å². The maximum absolute atomic E-state index is 2.79. The van der Waals surface area contributed by atoms with Gasteiger partial charge in [-0.2, -0.15) is 0 Å². The Labute approximate surface area is 228 Å². The molecule has 0 unspecified atom stereocenters. The van der Waals surface area contributed by atoms with Crippen molar-refractivity contribution in [3.63, 3.8) is 0 Å². The van der Waals surface area contributed by atoms with Crippen molar-refractivity contribution in [3.8, 4) is 0 Å². The molecule has 0 bridgehead atoms. The molecule has 4 aliphatic rings. The summed E-state index contributed by atoms with van der Waals surface area (Å²) in [6.45, 7) is 9.83. The Morgan fingerprint density at radius 1 is 0.667 bits per heavy atom. The molecular weight excluding hydrogens is 511 g/mol. The summed E-state index contributed by atoms with van der Waals surface area (Å²) in [5.74, 6) is 0. The van der Waals surface area contributed by atoms with Gasteiger partial charge in [0.15, 0.2) is 0 Å². The molecule has 0 spiro atoms. The van der Waals surface area contributed by atoms with Crippen LogP contribution in [0, 0.1) is 0 Å². The van der Waals surface area contributed by atoms with Crippen molar-refractivity contribution < 1.29 is 44.0 Å². The molecule has 0 aromatic carbocycles. The SMILES string of the molecule is CCCCC1=[C]([Ti+2][C]2=C(CCCC)CC=C2[Si]2(CC)CCC2)C([Si]2(CC)CCC2)=CC1.[Cl-].[Cl-]. The van der Waals surface area contributed by atoms with Gasteiger partial charge in [0.05, 0.1) is 0 Å². The molecule has 4 rings (SSSR count). The fraction of sp³-hybridized carbons (Fsp3) is 0.714. The van der Waals surface area contributed by atoms with Crippen LogP contribution in [0.15, 0.2) is 41.4 Å². The van der Waals surface area contributed by atoms with Crippen molar-refractivity contribution in [3.05, 3.63) is 41.4 Å². The predicted octanol–water partition coefficient (Wildman–Crippen LogP) is 3.45. The van der Waals surface area contributed by atoms with E-state index in [2.05, 4.69) is 39.8 Å². The molecular formula is C28H46Cl2Si2Ti. The van der Waals surface area contributed by atoms with Gasteiger partial charge >= 0.3 is 205 Å². The zero-order chi connectivity index (χ0) is 21.9. The number of rotatable bonds is 12. The fourth-order valence-corrected chi connectivity index (χ4v) is 20.3. The molecule has 2 aliphatic carbocycles. The van der Waals surface area contributed by atoms with E-state index in [0.717, 1.165) is 0 Å². The summed E-state index contributed by atoms with van der Waals surface area (Å²) in [6.07, 6.45) is 19.6. The van der Waals surface area contributed by atoms with Crippen molar-refractivity contribution >= 4 is 16.1 Å². The second-order valence-electron chi connectivity index (χ2n) is 10.9. The molecule has 0 nitrogen and oxygen atoms in total. The van der Waals surface area contributed by atoms with E-state index >= 15 is 0 Å². The smallest absolute Gasteiger partial charge is 1.00 e. The molecule has 0 atom stereocenters. The largest absolute Gasteiger partial charge is 1.00 e. The Morgan fingerprint density at radius 3 is 1.33 bits per heavy atom. The van der Waals surface area contributed by atoms with Gasteiger partial charge in [-0.15, -0.1) is 0 Å². The van der Waals surface area contributed by atoms with Crippen LogP contribution in [0.25, 0.3) is 0 Å². The quantitative estimate of drug-likeness (QED) is 0.323. The Hall–Kier alpha value is 0.688.